The summed E-state index contributed by atoms with van der Waals surface area (Å²) >= 11 is 1.45. The van der Waals surface area contributed by atoms with E-state index in [1.54, 1.807) is 0 Å². The minimum atomic E-state index is -0.0350. The predicted molar refractivity (Wildman–Crippen MR) is 129 cm³/mol. The maximum atomic E-state index is 12.6. The standard InChI is InChI=1S/C23H36N6O2S/c1-5-18-8-7-9-19(16-18)24-21(30)17-32-23-26-25-22(20(6-2)27(3)4)29(23)11-10-28-12-14-31-15-13-28/h7-9,16,20H,5-6,10-15,17H2,1-4H3,(H,24,30). The third-order valence-electron chi connectivity index (χ3n) is 5.75. The van der Waals surface area contributed by atoms with E-state index in [1.165, 1.54) is 17.3 Å². The quantitative estimate of drug-likeness (QED) is 0.517. The van der Waals surface area contributed by atoms with Crippen molar-refractivity contribution in [3.63, 3.8) is 0 Å². The number of hydrogen-bond donors (Lipinski definition) is 1. The molecule has 32 heavy (non-hydrogen) atoms. The van der Waals surface area contributed by atoms with Crippen molar-refractivity contribution in [1.29, 1.82) is 0 Å². The lowest BCUT2D eigenvalue weighted by atomic mass is 10.1. The van der Waals surface area contributed by atoms with Crippen molar-refractivity contribution in [3.05, 3.63) is 35.7 Å². The maximum Gasteiger partial charge on any atom is 0.234 e. The number of morpholine rings is 1. The molecule has 9 heteroatoms. The van der Waals surface area contributed by atoms with Crippen LogP contribution in [0.3, 0.4) is 0 Å². The van der Waals surface area contributed by atoms with Crippen LogP contribution in [0, 0.1) is 0 Å². The Labute approximate surface area is 195 Å². The molecule has 2 heterocycles. The normalized spacial score (nSPS) is 15.8. The van der Waals surface area contributed by atoms with Crippen LogP contribution in [-0.4, -0.2) is 83.2 Å². The van der Waals surface area contributed by atoms with Crippen molar-refractivity contribution in [2.24, 2.45) is 0 Å². The van der Waals surface area contributed by atoms with Crippen LogP contribution in [0.15, 0.2) is 29.4 Å². The molecule has 1 saturated heterocycles. The van der Waals surface area contributed by atoms with Gasteiger partial charge in [0.25, 0.3) is 0 Å². The highest BCUT2D eigenvalue weighted by molar-refractivity contribution is 7.99. The predicted octanol–water partition coefficient (Wildman–Crippen LogP) is 2.92. The molecule has 176 valence electrons. The van der Waals surface area contributed by atoms with Crippen molar-refractivity contribution in [1.82, 2.24) is 24.6 Å². The average Bonchev–Trinajstić information content (AvgIpc) is 3.19. The van der Waals surface area contributed by atoms with Crippen molar-refractivity contribution in [2.75, 3.05) is 58.0 Å². The van der Waals surface area contributed by atoms with Crippen LogP contribution in [-0.2, 0) is 22.5 Å². The van der Waals surface area contributed by atoms with E-state index in [1.807, 2.05) is 18.2 Å². The van der Waals surface area contributed by atoms with E-state index in [-0.39, 0.29) is 11.9 Å². The monoisotopic (exact) mass is 460 g/mol. The van der Waals surface area contributed by atoms with Crippen molar-refractivity contribution in [3.8, 4) is 0 Å². The third-order valence-corrected chi connectivity index (χ3v) is 6.72. The van der Waals surface area contributed by atoms with Gasteiger partial charge in [-0.15, -0.1) is 10.2 Å². The van der Waals surface area contributed by atoms with E-state index in [4.69, 9.17) is 4.74 Å². The number of nitrogens with zero attached hydrogens (tertiary/aromatic N) is 5. The van der Waals surface area contributed by atoms with Crippen LogP contribution >= 0.6 is 11.8 Å². The van der Waals surface area contributed by atoms with Gasteiger partial charge < -0.3 is 14.6 Å². The molecule has 0 bridgehead atoms. The van der Waals surface area contributed by atoms with Gasteiger partial charge in [-0.1, -0.05) is 37.7 Å². The lowest BCUT2D eigenvalue weighted by Crippen LogP contribution is -2.38. The molecule has 0 aliphatic carbocycles. The Hall–Kier alpha value is -1.94. The summed E-state index contributed by atoms with van der Waals surface area (Å²) in [6.07, 6.45) is 1.89. The Morgan fingerprint density at radius 2 is 2.00 bits per heavy atom. The fourth-order valence-corrected chi connectivity index (χ4v) is 4.68. The summed E-state index contributed by atoms with van der Waals surface area (Å²) in [5, 5.41) is 12.8. The van der Waals surface area contributed by atoms with E-state index in [0.29, 0.717) is 5.75 Å². The van der Waals surface area contributed by atoms with Gasteiger partial charge in [0, 0.05) is 31.9 Å². The summed E-state index contributed by atoms with van der Waals surface area (Å²) in [7, 11) is 4.14. The lowest BCUT2D eigenvalue weighted by Gasteiger charge is -2.28. The van der Waals surface area contributed by atoms with Crippen LogP contribution in [0.2, 0.25) is 0 Å². The van der Waals surface area contributed by atoms with E-state index in [0.717, 1.165) is 68.9 Å². The minimum Gasteiger partial charge on any atom is -0.379 e. The molecule has 1 aliphatic rings. The number of carbonyl (C=O) groups is 1. The largest absolute Gasteiger partial charge is 0.379 e. The van der Waals surface area contributed by atoms with Gasteiger partial charge in [0.05, 0.1) is 25.0 Å². The van der Waals surface area contributed by atoms with E-state index < -0.39 is 0 Å². The fraction of sp³-hybridized carbons (Fsp3) is 0.609. The summed E-state index contributed by atoms with van der Waals surface area (Å²) in [5.74, 6) is 1.22. The van der Waals surface area contributed by atoms with Gasteiger partial charge in [0.15, 0.2) is 11.0 Å². The Morgan fingerprint density at radius 1 is 1.22 bits per heavy atom. The van der Waals surface area contributed by atoms with Gasteiger partial charge >= 0.3 is 0 Å². The first-order chi connectivity index (χ1) is 15.5. The molecule has 1 aliphatic heterocycles. The second kappa shape index (κ2) is 12.3. The molecule has 1 aromatic heterocycles. The van der Waals surface area contributed by atoms with Crippen LogP contribution in [0.1, 0.15) is 37.7 Å². The van der Waals surface area contributed by atoms with E-state index in [2.05, 4.69) is 63.9 Å². The number of aromatic nitrogens is 3. The first-order valence-electron chi connectivity index (χ1n) is 11.4. The molecule has 1 amide bonds. The highest BCUT2D eigenvalue weighted by Crippen LogP contribution is 2.25. The van der Waals surface area contributed by atoms with Crippen LogP contribution in [0.5, 0.6) is 0 Å². The summed E-state index contributed by atoms with van der Waals surface area (Å²) in [5.41, 5.74) is 2.04. The zero-order valence-electron chi connectivity index (χ0n) is 19.7. The van der Waals surface area contributed by atoms with Gasteiger partial charge in [-0.05, 0) is 44.6 Å². The second-order valence-electron chi connectivity index (χ2n) is 8.22. The van der Waals surface area contributed by atoms with Crippen molar-refractivity contribution >= 4 is 23.4 Å². The highest BCUT2D eigenvalue weighted by Gasteiger charge is 2.23. The molecule has 0 spiro atoms. The zero-order chi connectivity index (χ0) is 22.9. The first-order valence-corrected chi connectivity index (χ1v) is 12.4. The second-order valence-corrected chi connectivity index (χ2v) is 9.17. The zero-order valence-corrected chi connectivity index (χ0v) is 20.5. The van der Waals surface area contributed by atoms with Crippen molar-refractivity contribution in [2.45, 2.75) is 44.4 Å². The van der Waals surface area contributed by atoms with Crippen LogP contribution in [0.4, 0.5) is 5.69 Å². The number of aryl methyl sites for hydroxylation is 1. The molecular weight excluding hydrogens is 424 g/mol. The van der Waals surface area contributed by atoms with Crippen molar-refractivity contribution < 1.29 is 9.53 Å². The molecular formula is C23H36N6O2S. The summed E-state index contributed by atoms with van der Waals surface area (Å²) in [6, 6.07) is 8.18. The number of rotatable bonds is 11. The molecule has 1 unspecified atom stereocenters. The fourth-order valence-electron chi connectivity index (χ4n) is 3.90. The SMILES string of the molecule is CCc1cccc(NC(=O)CSc2nnc(C(CC)N(C)C)n2CCN2CCOCC2)c1. The maximum absolute atomic E-state index is 12.6. The number of benzene rings is 1. The molecule has 0 saturated carbocycles. The number of thioether (sulfide) groups is 1. The molecule has 1 atom stereocenters. The Kier molecular flexibility index (Phi) is 9.52. The number of ether oxygens (including phenoxy) is 1. The van der Waals surface area contributed by atoms with Gasteiger partial charge in [-0.3, -0.25) is 14.6 Å². The molecule has 3 rings (SSSR count). The molecule has 2 aromatic rings. The number of anilines is 1. The smallest absolute Gasteiger partial charge is 0.234 e. The number of hydrogen-bond acceptors (Lipinski definition) is 7. The minimum absolute atomic E-state index is 0.0350. The highest BCUT2D eigenvalue weighted by atomic mass is 32.2. The summed E-state index contributed by atoms with van der Waals surface area (Å²) in [6.45, 7) is 9.45. The lowest BCUT2D eigenvalue weighted by molar-refractivity contribution is -0.113. The summed E-state index contributed by atoms with van der Waals surface area (Å²) < 4.78 is 7.66. The number of carbonyl (C=O) groups excluding carboxylic acids is 1. The topological polar surface area (TPSA) is 75.5 Å². The average molecular weight is 461 g/mol. The Morgan fingerprint density at radius 3 is 2.69 bits per heavy atom. The summed E-state index contributed by atoms with van der Waals surface area (Å²) in [4.78, 5) is 17.2. The number of nitrogens with one attached hydrogen (secondary N) is 1. The van der Waals surface area contributed by atoms with E-state index in [9.17, 15) is 4.79 Å². The van der Waals surface area contributed by atoms with Gasteiger partial charge in [-0.2, -0.15) is 0 Å². The first kappa shape index (κ1) is 24.7. The Bertz CT molecular complexity index is 866. The molecule has 1 N–H and O–H groups in total. The van der Waals surface area contributed by atoms with Gasteiger partial charge in [0.1, 0.15) is 0 Å². The Balaban J connectivity index is 1.68. The van der Waals surface area contributed by atoms with Gasteiger partial charge in [0.2, 0.25) is 5.91 Å². The van der Waals surface area contributed by atoms with Crippen LogP contribution < -0.4 is 5.32 Å². The third kappa shape index (κ3) is 6.78. The molecule has 8 nitrogen and oxygen atoms in total. The van der Waals surface area contributed by atoms with E-state index >= 15 is 0 Å². The molecule has 0 radical (unpaired) electrons. The van der Waals surface area contributed by atoms with Gasteiger partial charge in [-0.25, -0.2) is 0 Å². The number of amides is 1. The molecule has 1 aromatic carbocycles. The molecule has 1 fully saturated rings. The van der Waals surface area contributed by atoms with Crippen LogP contribution in [0.25, 0.3) is 0 Å².